The zero-order valence-corrected chi connectivity index (χ0v) is 38.4. The number of halogens is 1. The summed E-state index contributed by atoms with van der Waals surface area (Å²) in [6, 6.07) is 6.91. The van der Waals surface area contributed by atoms with Gasteiger partial charge in [-0.1, -0.05) is 32.9 Å². The molecule has 0 radical (unpaired) electrons. The number of benzene rings is 3. The van der Waals surface area contributed by atoms with E-state index in [1.165, 1.54) is 39.5 Å². The molecule has 1 aliphatic rings. The first-order chi connectivity index (χ1) is 29.0. The van der Waals surface area contributed by atoms with Crippen LogP contribution in [0, 0.1) is 22.9 Å². The van der Waals surface area contributed by atoms with E-state index in [0.29, 0.717) is 23.5 Å². The number of amides is 3. The summed E-state index contributed by atoms with van der Waals surface area (Å²) < 4.78 is 61.8. The molecule has 3 amide bonds. The summed E-state index contributed by atoms with van der Waals surface area (Å²) in [6.07, 6.45) is -2.41. The first kappa shape index (κ1) is 49.3. The highest BCUT2D eigenvalue weighted by atomic mass is 28.4. The Hall–Kier alpha value is -5.34. The highest BCUT2D eigenvalue weighted by Gasteiger charge is 2.45. The average molecular weight is 887 g/mol. The van der Waals surface area contributed by atoms with E-state index in [1.807, 2.05) is 33.9 Å². The van der Waals surface area contributed by atoms with Gasteiger partial charge in [0.25, 0.3) is 0 Å². The lowest BCUT2D eigenvalue weighted by Crippen LogP contribution is -2.56. The minimum absolute atomic E-state index is 0.0277. The van der Waals surface area contributed by atoms with Crippen molar-refractivity contribution in [2.75, 3.05) is 47.9 Å². The second-order valence-corrected chi connectivity index (χ2v) is 21.9. The molecular formula is C43H59FN4O13Si. The van der Waals surface area contributed by atoms with Crippen LogP contribution in [0.1, 0.15) is 82.0 Å². The number of hydrogen-bond donors (Lipinski definition) is 3. The molecule has 0 fully saturated rings. The Labute approximate surface area is 362 Å². The van der Waals surface area contributed by atoms with E-state index in [2.05, 4.69) is 16.0 Å². The van der Waals surface area contributed by atoms with Crippen LogP contribution in [-0.4, -0.2) is 90.7 Å². The number of methoxy groups -OCH3 is 3. The first-order valence-electron chi connectivity index (χ1n) is 19.9. The summed E-state index contributed by atoms with van der Waals surface area (Å²) in [4.78, 5) is 54.7. The second-order valence-electron chi connectivity index (χ2n) is 17.1. The number of nitrogens with one attached hydrogen (secondary N) is 3. The normalized spacial score (nSPS) is 17.7. The third-order valence-electron chi connectivity index (χ3n) is 10.4. The number of carbonyl (C=O) groups excluding carboxylic acids is 3. The van der Waals surface area contributed by atoms with Crippen molar-refractivity contribution in [3.63, 3.8) is 0 Å². The smallest absolute Gasteiger partial charge is 0.408 e. The molecular weight excluding hydrogens is 828 g/mol. The van der Waals surface area contributed by atoms with Crippen LogP contribution in [-0.2, 0) is 33.0 Å². The molecule has 4 atom stereocenters. The number of alkyl carbamates (subject to hydrolysis) is 1. The molecule has 340 valence electrons. The van der Waals surface area contributed by atoms with Crippen molar-refractivity contribution in [2.24, 2.45) is 0 Å². The van der Waals surface area contributed by atoms with Gasteiger partial charge < -0.3 is 53.5 Å². The fourth-order valence-corrected chi connectivity index (χ4v) is 7.35. The van der Waals surface area contributed by atoms with E-state index >= 15 is 4.79 Å². The minimum atomic E-state index is -2.97. The van der Waals surface area contributed by atoms with E-state index in [9.17, 15) is 24.1 Å². The van der Waals surface area contributed by atoms with Gasteiger partial charge in [0.15, 0.2) is 19.8 Å². The molecule has 0 saturated heterocycles. The molecule has 0 saturated carbocycles. The van der Waals surface area contributed by atoms with Crippen LogP contribution < -0.4 is 30.2 Å². The lowest BCUT2D eigenvalue weighted by Gasteiger charge is -2.41. The number of rotatable bonds is 15. The van der Waals surface area contributed by atoms with Gasteiger partial charge in [0, 0.05) is 18.7 Å². The number of nitro groups is 1. The molecule has 19 heteroatoms. The second kappa shape index (κ2) is 20.7. The first-order valence-corrected chi connectivity index (χ1v) is 22.8. The summed E-state index contributed by atoms with van der Waals surface area (Å²) in [6.45, 7) is 16.6. The van der Waals surface area contributed by atoms with Gasteiger partial charge in [0.2, 0.25) is 17.6 Å². The minimum Gasteiger partial charge on any atom is -0.496 e. The molecule has 0 spiro atoms. The maximum atomic E-state index is 15.2. The fraction of sp³-hybridized carbons (Fsp3) is 0.512. The molecule has 3 N–H and O–H groups in total. The lowest BCUT2D eigenvalue weighted by atomic mass is 9.97. The zero-order valence-electron chi connectivity index (χ0n) is 37.4. The number of nitrogens with zero attached hydrogens (tertiary/aromatic N) is 1. The summed E-state index contributed by atoms with van der Waals surface area (Å²) in [5.74, 6) is -1.72. The molecule has 62 heavy (non-hydrogen) atoms. The number of carbonyl (C=O) groups is 3. The van der Waals surface area contributed by atoms with Gasteiger partial charge in [-0.3, -0.25) is 19.7 Å². The van der Waals surface area contributed by atoms with Crippen LogP contribution in [0.4, 0.5) is 14.9 Å². The number of fused-ring (bicyclic) bond motifs is 4. The van der Waals surface area contributed by atoms with Crippen molar-refractivity contribution in [2.45, 2.75) is 96.4 Å². The highest BCUT2D eigenvalue weighted by Crippen LogP contribution is 2.43. The molecule has 1 aliphatic heterocycles. The Kier molecular flexibility index (Phi) is 16.5. The summed E-state index contributed by atoms with van der Waals surface area (Å²) >= 11 is 0. The Morgan fingerprint density at radius 1 is 0.903 bits per heavy atom. The number of ether oxygens (including phenoxy) is 7. The van der Waals surface area contributed by atoms with E-state index in [1.54, 1.807) is 45.9 Å². The van der Waals surface area contributed by atoms with E-state index in [0.717, 1.165) is 12.1 Å². The van der Waals surface area contributed by atoms with E-state index < -0.39 is 77.5 Å². The molecule has 1 heterocycles. The van der Waals surface area contributed by atoms with Crippen LogP contribution in [0.3, 0.4) is 0 Å². The van der Waals surface area contributed by atoms with Crippen LogP contribution in [0.25, 0.3) is 0 Å². The third-order valence-corrected chi connectivity index (χ3v) is 14.9. The predicted molar refractivity (Wildman–Crippen MR) is 228 cm³/mol. The molecule has 4 rings (SSSR count). The summed E-state index contributed by atoms with van der Waals surface area (Å²) in [5, 5.41) is 20.0. The molecule has 17 nitrogen and oxygen atoms in total. The van der Waals surface area contributed by atoms with Crippen LogP contribution in [0.2, 0.25) is 18.1 Å². The fourth-order valence-electron chi connectivity index (χ4n) is 6.09. The van der Waals surface area contributed by atoms with Gasteiger partial charge in [0.05, 0.1) is 45.0 Å². The number of hydrogen-bond acceptors (Lipinski definition) is 13. The van der Waals surface area contributed by atoms with Gasteiger partial charge in [-0.05, 0) is 92.8 Å². The molecule has 3 aromatic rings. The van der Waals surface area contributed by atoms with Gasteiger partial charge >= 0.3 is 11.8 Å². The predicted octanol–water partition coefficient (Wildman–Crippen LogP) is 7.47. The summed E-state index contributed by atoms with van der Waals surface area (Å²) in [5.41, 5.74) is -0.586. The van der Waals surface area contributed by atoms with Crippen molar-refractivity contribution >= 4 is 31.9 Å². The van der Waals surface area contributed by atoms with Crippen molar-refractivity contribution < 1.29 is 61.3 Å². The van der Waals surface area contributed by atoms with Gasteiger partial charge in [0.1, 0.15) is 42.1 Å². The largest absolute Gasteiger partial charge is 0.496 e. The SMILES string of the molecule is COCCOCOC[C@H]1NC(=O)[C@@H]([C@H](O[Si](C)(C)C(C)(C)C)c2ccc(F)c([N+](=O)[O-])c2)NC(=O)[C@H](NC(=O)OC(C)(C)C)c2ccc(OC)c(c2)Oc2cc1cc(OC)c2C. The average Bonchev–Trinajstić information content (AvgIpc) is 3.18. The Bertz CT molecular complexity index is 2090. The monoisotopic (exact) mass is 886 g/mol. The Morgan fingerprint density at radius 3 is 2.19 bits per heavy atom. The maximum Gasteiger partial charge on any atom is 0.408 e. The molecule has 0 aliphatic carbocycles. The molecule has 3 aromatic carbocycles. The van der Waals surface area contributed by atoms with E-state index in [-0.39, 0.29) is 48.4 Å². The third kappa shape index (κ3) is 12.6. The number of nitro benzene ring substituents is 1. The van der Waals surface area contributed by atoms with Gasteiger partial charge in [-0.2, -0.15) is 4.39 Å². The van der Waals surface area contributed by atoms with Crippen molar-refractivity contribution in [1.82, 2.24) is 16.0 Å². The van der Waals surface area contributed by atoms with Crippen LogP contribution in [0.5, 0.6) is 23.0 Å². The van der Waals surface area contributed by atoms with Crippen LogP contribution in [0.15, 0.2) is 48.5 Å². The molecule has 0 aromatic heterocycles. The van der Waals surface area contributed by atoms with Crippen molar-refractivity contribution in [1.29, 1.82) is 0 Å². The summed E-state index contributed by atoms with van der Waals surface area (Å²) in [7, 11) is 1.48. The molecule has 0 unspecified atom stereocenters. The zero-order chi connectivity index (χ0) is 46.2. The van der Waals surface area contributed by atoms with Gasteiger partial charge in [-0.15, -0.1) is 0 Å². The van der Waals surface area contributed by atoms with Crippen molar-refractivity contribution in [3.8, 4) is 23.0 Å². The quantitative estimate of drug-likeness (QED) is 0.0446. The Morgan fingerprint density at radius 2 is 1.58 bits per heavy atom. The van der Waals surface area contributed by atoms with Crippen molar-refractivity contribution in [3.05, 3.63) is 86.7 Å². The highest BCUT2D eigenvalue weighted by molar-refractivity contribution is 6.74. The molecule has 4 bridgehead atoms. The lowest BCUT2D eigenvalue weighted by molar-refractivity contribution is -0.387. The van der Waals surface area contributed by atoms with E-state index in [4.69, 9.17) is 37.6 Å². The van der Waals surface area contributed by atoms with Gasteiger partial charge in [-0.25, -0.2) is 4.79 Å². The van der Waals surface area contributed by atoms with Crippen LogP contribution >= 0.6 is 0 Å². The standard InChI is InChI=1S/C43H59FN4O13Si/c1-25-33(56-10)21-28-22-34(25)59-35-20-26(14-16-32(35)55-9)36(47-41(51)60-42(2,3)4)39(49)46-37(40(50)45-30(28)23-58-24-57-18-17-54-8)38(61-62(11,12)43(5,6)7)27-13-15-29(44)31(19-27)48(52)53/h13-16,19-22,30,36-38H,17-18,23-24H2,1-12H3,(H,45,50)(H,46,49)(H,47,51)/t30-,36-,37-,38-/m1/s1. The topological polar surface area (TPSA) is 204 Å². The Balaban J connectivity index is 2.04. The maximum absolute atomic E-state index is 15.2.